The molecule has 1 aliphatic carbocycles. The molecule has 1 aromatic heterocycles. The molecule has 25 heavy (non-hydrogen) atoms. The molecule has 0 unspecified atom stereocenters. The fraction of sp³-hybridized carbons (Fsp3) is 0.368. The van der Waals surface area contributed by atoms with Crippen LogP contribution in [0.2, 0.25) is 0 Å². The van der Waals surface area contributed by atoms with E-state index in [-0.39, 0.29) is 24.0 Å². The minimum Gasteiger partial charge on any atom is -0.495 e. The number of nitrogens with one attached hydrogen (secondary N) is 1. The van der Waals surface area contributed by atoms with E-state index in [0.29, 0.717) is 24.2 Å². The van der Waals surface area contributed by atoms with Crippen LogP contribution in [0.3, 0.4) is 0 Å². The number of carbonyl (C=O) groups excluding carboxylic acids is 1. The molecule has 1 aliphatic rings. The number of thioether (sulfide) groups is 1. The molecular formula is C19H22N2O3S. The average Bonchev–Trinajstić information content (AvgIpc) is 2.63. The van der Waals surface area contributed by atoms with E-state index in [2.05, 4.69) is 10.3 Å². The van der Waals surface area contributed by atoms with Crippen molar-refractivity contribution in [1.82, 2.24) is 10.3 Å². The number of pyridine rings is 1. The van der Waals surface area contributed by atoms with E-state index in [9.17, 15) is 9.90 Å². The molecule has 0 aliphatic heterocycles. The molecule has 6 heteroatoms. The molecule has 5 nitrogen and oxygen atoms in total. The lowest BCUT2D eigenvalue weighted by Crippen LogP contribution is -2.41. The molecule has 3 rings (SSSR count). The van der Waals surface area contributed by atoms with Crippen LogP contribution >= 0.6 is 11.8 Å². The van der Waals surface area contributed by atoms with E-state index >= 15 is 0 Å². The third-order valence-corrected chi connectivity index (χ3v) is 5.38. The van der Waals surface area contributed by atoms with Gasteiger partial charge in [-0.1, -0.05) is 12.1 Å². The summed E-state index contributed by atoms with van der Waals surface area (Å²) < 4.78 is 5.26. The minimum atomic E-state index is -0.290. The van der Waals surface area contributed by atoms with Crippen molar-refractivity contribution in [3.63, 3.8) is 0 Å². The fourth-order valence-electron chi connectivity index (χ4n) is 3.14. The second-order valence-corrected chi connectivity index (χ2v) is 7.04. The lowest BCUT2D eigenvalue weighted by Gasteiger charge is -2.38. The van der Waals surface area contributed by atoms with Crippen LogP contribution < -0.4 is 10.1 Å². The second kappa shape index (κ2) is 7.89. The van der Waals surface area contributed by atoms with E-state index in [4.69, 9.17) is 4.74 Å². The van der Waals surface area contributed by atoms with Gasteiger partial charge < -0.3 is 15.2 Å². The Morgan fingerprint density at radius 3 is 2.80 bits per heavy atom. The van der Waals surface area contributed by atoms with Gasteiger partial charge in [0.25, 0.3) is 5.91 Å². The molecule has 1 heterocycles. The number of carbonyl (C=O) groups is 1. The van der Waals surface area contributed by atoms with Gasteiger partial charge in [0.05, 0.1) is 31.0 Å². The molecule has 0 bridgehead atoms. The Labute approximate surface area is 151 Å². The van der Waals surface area contributed by atoms with Gasteiger partial charge in [-0.3, -0.25) is 9.78 Å². The summed E-state index contributed by atoms with van der Waals surface area (Å²) in [6.45, 7) is 0. The molecule has 2 aromatic rings. The largest absolute Gasteiger partial charge is 0.495 e. The van der Waals surface area contributed by atoms with Crippen LogP contribution in [-0.4, -0.2) is 35.5 Å². The summed E-state index contributed by atoms with van der Waals surface area (Å²) in [5, 5.41) is 12.8. The van der Waals surface area contributed by atoms with Gasteiger partial charge in [0, 0.05) is 11.1 Å². The molecule has 0 spiro atoms. The molecule has 1 saturated carbocycles. The number of hydrogen-bond donors (Lipinski definition) is 2. The highest BCUT2D eigenvalue weighted by Crippen LogP contribution is 2.39. The maximum atomic E-state index is 12.8. The van der Waals surface area contributed by atoms with Crippen molar-refractivity contribution in [2.75, 3.05) is 13.4 Å². The van der Waals surface area contributed by atoms with Crippen LogP contribution in [0, 0.1) is 5.92 Å². The molecule has 0 radical (unpaired) electrons. The maximum Gasteiger partial charge on any atom is 0.252 e. The quantitative estimate of drug-likeness (QED) is 0.777. The first-order valence-electron chi connectivity index (χ1n) is 8.23. The Kier molecular flexibility index (Phi) is 5.60. The third-order valence-electron chi connectivity index (χ3n) is 4.59. The number of rotatable bonds is 6. The van der Waals surface area contributed by atoms with Gasteiger partial charge in [-0.15, -0.1) is 11.8 Å². The molecule has 1 amide bonds. The van der Waals surface area contributed by atoms with Crippen molar-refractivity contribution in [2.45, 2.75) is 29.9 Å². The maximum absolute atomic E-state index is 12.8. The predicted molar refractivity (Wildman–Crippen MR) is 98.0 cm³/mol. The molecule has 2 N–H and O–H groups in total. The Morgan fingerprint density at radius 1 is 1.36 bits per heavy atom. The number of nitrogens with zero attached hydrogens (tertiary/aromatic N) is 1. The number of benzene rings is 1. The predicted octanol–water partition coefficient (Wildman–Crippen LogP) is 3.05. The zero-order chi connectivity index (χ0) is 17.8. The first-order chi connectivity index (χ1) is 12.1. The summed E-state index contributed by atoms with van der Waals surface area (Å²) in [7, 11) is 1.59. The number of methoxy groups -OCH3 is 1. The van der Waals surface area contributed by atoms with E-state index in [1.54, 1.807) is 31.3 Å². The molecule has 1 atom stereocenters. The van der Waals surface area contributed by atoms with Crippen molar-refractivity contribution in [3.05, 3.63) is 53.9 Å². The van der Waals surface area contributed by atoms with Gasteiger partial charge >= 0.3 is 0 Å². The number of ether oxygens (including phenoxy) is 1. The number of aliphatic hydroxyl groups is 1. The van der Waals surface area contributed by atoms with E-state index in [0.717, 1.165) is 10.5 Å². The van der Waals surface area contributed by atoms with Crippen molar-refractivity contribution in [3.8, 4) is 5.75 Å². The van der Waals surface area contributed by atoms with E-state index in [1.165, 1.54) is 0 Å². The van der Waals surface area contributed by atoms with Gasteiger partial charge in [-0.2, -0.15) is 0 Å². The van der Waals surface area contributed by atoms with Crippen LogP contribution in [0.25, 0.3) is 0 Å². The first kappa shape index (κ1) is 17.8. The SMILES string of the molecule is COc1cncc([C@@H](NC(=O)c2ccccc2SC)C2CC(O)C2)c1. The van der Waals surface area contributed by atoms with Crippen molar-refractivity contribution >= 4 is 17.7 Å². The lowest BCUT2D eigenvalue weighted by atomic mass is 9.75. The number of aliphatic hydroxyl groups excluding tert-OH is 1. The summed E-state index contributed by atoms with van der Waals surface area (Å²) in [6, 6.07) is 9.25. The van der Waals surface area contributed by atoms with Gasteiger partial charge in [0.1, 0.15) is 5.75 Å². The van der Waals surface area contributed by atoms with Gasteiger partial charge in [-0.05, 0) is 48.8 Å². The fourth-order valence-corrected chi connectivity index (χ4v) is 3.74. The average molecular weight is 358 g/mol. The first-order valence-corrected chi connectivity index (χ1v) is 9.45. The highest BCUT2D eigenvalue weighted by atomic mass is 32.2. The third kappa shape index (κ3) is 3.96. The van der Waals surface area contributed by atoms with Crippen LogP contribution in [0.15, 0.2) is 47.6 Å². The zero-order valence-electron chi connectivity index (χ0n) is 14.3. The highest BCUT2D eigenvalue weighted by Gasteiger charge is 2.36. The summed E-state index contributed by atoms with van der Waals surface area (Å²) in [5.74, 6) is 0.731. The van der Waals surface area contributed by atoms with Gasteiger partial charge in [0.2, 0.25) is 0 Å². The molecule has 132 valence electrons. The Morgan fingerprint density at radius 2 is 2.12 bits per heavy atom. The van der Waals surface area contributed by atoms with Crippen LogP contribution in [0.1, 0.15) is 34.8 Å². The van der Waals surface area contributed by atoms with Crippen molar-refractivity contribution < 1.29 is 14.6 Å². The summed E-state index contributed by atoms with van der Waals surface area (Å²) in [5.41, 5.74) is 1.56. The monoisotopic (exact) mass is 358 g/mol. The second-order valence-electron chi connectivity index (χ2n) is 6.19. The Balaban J connectivity index is 1.86. The Hall–Kier alpha value is -2.05. The number of hydrogen-bond acceptors (Lipinski definition) is 5. The lowest BCUT2D eigenvalue weighted by molar-refractivity contribution is 0.0234. The van der Waals surface area contributed by atoms with E-state index in [1.807, 2.05) is 36.6 Å². The minimum absolute atomic E-state index is 0.112. The normalized spacial score (nSPS) is 20.4. The van der Waals surface area contributed by atoms with Crippen molar-refractivity contribution in [1.29, 1.82) is 0 Å². The van der Waals surface area contributed by atoms with Gasteiger partial charge in [-0.25, -0.2) is 0 Å². The highest BCUT2D eigenvalue weighted by molar-refractivity contribution is 7.98. The standard InChI is InChI=1S/C19H22N2O3S/c1-24-15-9-13(10-20-11-15)18(12-7-14(22)8-12)21-19(23)16-5-3-4-6-17(16)25-2/h3-6,9-12,14,18,22H,7-8H2,1-2H3,(H,21,23)/t12?,14?,18-/m0/s1. The van der Waals surface area contributed by atoms with Crippen LogP contribution in [0.4, 0.5) is 0 Å². The molecule has 1 fully saturated rings. The molecule has 1 aromatic carbocycles. The van der Waals surface area contributed by atoms with Crippen LogP contribution in [0.5, 0.6) is 5.75 Å². The summed E-state index contributed by atoms with van der Waals surface area (Å²) in [4.78, 5) is 18.0. The Bertz CT molecular complexity index is 747. The number of amides is 1. The van der Waals surface area contributed by atoms with Gasteiger partial charge in [0.15, 0.2) is 0 Å². The zero-order valence-corrected chi connectivity index (χ0v) is 15.1. The van der Waals surface area contributed by atoms with E-state index < -0.39 is 0 Å². The summed E-state index contributed by atoms with van der Waals surface area (Å²) >= 11 is 1.55. The molecule has 0 saturated heterocycles. The molecular weight excluding hydrogens is 336 g/mol. The van der Waals surface area contributed by atoms with Crippen LogP contribution in [-0.2, 0) is 0 Å². The topological polar surface area (TPSA) is 71.5 Å². The smallest absolute Gasteiger partial charge is 0.252 e. The summed E-state index contributed by atoms with van der Waals surface area (Å²) in [6.07, 6.45) is 6.40. The number of aromatic nitrogens is 1. The van der Waals surface area contributed by atoms with Crippen molar-refractivity contribution in [2.24, 2.45) is 5.92 Å².